The van der Waals surface area contributed by atoms with Crippen molar-refractivity contribution in [2.75, 3.05) is 12.4 Å². The predicted octanol–water partition coefficient (Wildman–Crippen LogP) is 2.37. The van der Waals surface area contributed by atoms with Crippen LogP contribution in [0, 0.1) is 5.92 Å². The van der Waals surface area contributed by atoms with Crippen LogP contribution in [0.25, 0.3) is 0 Å². The first-order valence-corrected chi connectivity index (χ1v) is 8.70. The van der Waals surface area contributed by atoms with E-state index in [0.29, 0.717) is 11.6 Å². The molecule has 2 N–H and O–H groups in total. The smallest absolute Gasteiger partial charge is 0.260 e. The second-order valence-electron chi connectivity index (χ2n) is 5.37. The molecule has 1 aliphatic rings. The second-order valence-corrected chi connectivity index (χ2v) is 6.99. The predicted molar refractivity (Wildman–Crippen MR) is 80.1 cm³/mol. The Morgan fingerprint density at radius 1 is 1.40 bits per heavy atom. The van der Waals surface area contributed by atoms with Crippen LogP contribution in [0.4, 0.5) is 5.69 Å². The summed E-state index contributed by atoms with van der Waals surface area (Å²) in [6.45, 7) is 2.17. The van der Waals surface area contributed by atoms with E-state index in [1.807, 2.05) is 0 Å². The quantitative estimate of drug-likeness (QED) is 0.875. The standard InChI is InChI=1S/C14H23N3O2S/c1-3-11-6-4-7-12(10-11)17-20(18,19)14-13(15-2)8-5-9-16-14/h5,8-9,11-12,15,17H,3-4,6-7,10H2,1-2H3. The van der Waals surface area contributed by atoms with Crippen LogP contribution in [0.2, 0.25) is 0 Å². The van der Waals surface area contributed by atoms with Crippen molar-refractivity contribution in [3.05, 3.63) is 18.3 Å². The third kappa shape index (κ3) is 3.49. The number of pyridine rings is 1. The number of sulfonamides is 1. The highest BCUT2D eigenvalue weighted by Gasteiger charge is 2.27. The molecule has 20 heavy (non-hydrogen) atoms. The van der Waals surface area contributed by atoms with E-state index in [9.17, 15) is 8.42 Å². The van der Waals surface area contributed by atoms with Gasteiger partial charge in [0.1, 0.15) is 0 Å². The van der Waals surface area contributed by atoms with Crippen molar-refractivity contribution in [3.63, 3.8) is 0 Å². The number of rotatable bonds is 5. The summed E-state index contributed by atoms with van der Waals surface area (Å²) in [5, 5.41) is 2.96. The van der Waals surface area contributed by atoms with E-state index in [-0.39, 0.29) is 11.1 Å². The first-order chi connectivity index (χ1) is 9.56. The summed E-state index contributed by atoms with van der Waals surface area (Å²) in [7, 11) is -1.86. The molecule has 5 nitrogen and oxygen atoms in total. The minimum Gasteiger partial charge on any atom is -0.386 e. The van der Waals surface area contributed by atoms with Crippen molar-refractivity contribution < 1.29 is 8.42 Å². The van der Waals surface area contributed by atoms with Crippen LogP contribution in [0.1, 0.15) is 39.0 Å². The zero-order chi connectivity index (χ0) is 14.6. The Bertz CT molecular complexity index is 545. The first-order valence-electron chi connectivity index (χ1n) is 7.22. The molecule has 0 spiro atoms. The third-order valence-electron chi connectivity index (χ3n) is 3.98. The van der Waals surface area contributed by atoms with Gasteiger partial charge in [0, 0.05) is 19.3 Å². The summed E-state index contributed by atoms with van der Waals surface area (Å²) in [5.74, 6) is 0.629. The van der Waals surface area contributed by atoms with Crippen LogP contribution in [0.5, 0.6) is 0 Å². The Morgan fingerprint density at radius 3 is 2.90 bits per heavy atom. The molecule has 0 amide bonds. The van der Waals surface area contributed by atoms with Crippen LogP contribution >= 0.6 is 0 Å². The highest BCUT2D eigenvalue weighted by atomic mass is 32.2. The molecule has 1 aliphatic carbocycles. The zero-order valence-electron chi connectivity index (χ0n) is 12.1. The number of nitrogens with zero attached hydrogens (tertiary/aromatic N) is 1. The fourth-order valence-corrected chi connectivity index (χ4v) is 4.26. The van der Waals surface area contributed by atoms with E-state index in [4.69, 9.17) is 0 Å². The van der Waals surface area contributed by atoms with Crippen molar-refractivity contribution >= 4 is 15.7 Å². The molecule has 1 aromatic rings. The van der Waals surface area contributed by atoms with Crippen LogP contribution in [0.15, 0.2) is 23.4 Å². The number of hydrogen-bond acceptors (Lipinski definition) is 4. The molecule has 2 unspecified atom stereocenters. The lowest BCUT2D eigenvalue weighted by atomic mass is 9.85. The molecule has 1 heterocycles. The van der Waals surface area contributed by atoms with Crippen molar-refractivity contribution in [3.8, 4) is 0 Å². The summed E-state index contributed by atoms with van der Waals surface area (Å²) >= 11 is 0. The molecule has 6 heteroatoms. The van der Waals surface area contributed by atoms with Gasteiger partial charge < -0.3 is 5.32 Å². The summed E-state index contributed by atoms with van der Waals surface area (Å²) < 4.78 is 27.7. The average Bonchev–Trinajstić information content (AvgIpc) is 2.47. The van der Waals surface area contributed by atoms with E-state index in [1.165, 1.54) is 12.6 Å². The maximum absolute atomic E-state index is 12.5. The first kappa shape index (κ1) is 15.3. The van der Waals surface area contributed by atoms with Gasteiger partial charge in [0.2, 0.25) is 0 Å². The Kier molecular flexibility index (Phi) is 4.99. The molecule has 0 aliphatic heterocycles. The summed E-state index contributed by atoms with van der Waals surface area (Å²) in [6, 6.07) is 3.47. The molecule has 112 valence electrons. The van der Waals surface area contributed by atoms with E-state index in [1.54, 1.807) is 19.2 Å². The third-order valence-corrected chi connectivity index (χ3v) is 5.46. The maximum atomic E-state index is 12.5. The average molecular weight is 297 g/mol. The van der Waals surface area contributed by atoms with Crippen LogP contribution in [0.3, 0.4) is 0 Å². The maximum Gasteiger partial charge on any atom is 0.260 e. The van der Waals surface area contributed by atoms with Crippen LogP contribution in [-0.2, 0) is 10.0 Å². The number of hydrogen-bond donors (Lipinski definition) is 2. The van der Waals surface area contributed by atoms with Crippen molar-refractivity contribution in [1.29, 1.82) is 0 Å². The van der Waals surface area contributed by atoms with Crippen LogP contribution < -0.4 is 10.0 Å². The largest absolute Gasteiger partial charge is 0.386 e. The Labute approximate surface area is 121 Å². The van der Waals surface area contributed by atoms with Crippen molar-refractivity contribution in [2.24, 2.45) is 5.92 Å². The minimum atomic E-state index is -3.56. The van der Waals surface area contributed by atoms with Crippen LogP contribution in [-0.4, -0.2) is 26.5 Å². The zero-order valence-corrected chi connectivity index (χ0v) is 12.9. The lowest BCUT2D eigenvalue weighted by Gasteiger charge is -2.28. The minimum absolute atomic E-state index is 0.0328. The lowest BCUT2D eigenvalue weighted by Crippen LogP contribution is -2.38. The van der Waals surface area contributed by atoms with Gasteiger partial charge in [-0.1, -0.05) is 26.2 Å². The number of anilines is 1. The fourth-order valence-electron chi connectivity index (χ4n) is 2.84. The van der Waals surface area contributed by atoms with Gasteiger partial charge >= 0.3 is 0 Å². The SMILES string of the molecule is CCC1CCCC(NS(=O)(=O)c2ncccc2NC)C1. The highest BCUT2D eigenvalue weighted by molar-refractivity contribution is 7.89. The van der Waals surface area contributed by atoms with Crippen molar-refractivity contribution in [1.82, 2.24) is 9.71 Å². The summed E-state index contributed by atoms with van der Waals surface area (Å²) in [5.41, 5.74) is 0.530. The topological polar surface area (TPSA) is 71.1 Å². The van der Waals surface area contributed by atoms with E-state index >= 15 is 0 Å². The molecule has 1 saturated carbocycles. The molecular formula is C14H23N3O2S. The molecule has 0 aromatic carbocycles. The van der Waals surface area contributed by atoms with Gasteiger partial charge in [-0.3, -0.25) is 0 Å². The Morgan fingerprint density at radius 2 is 2.20 bits per heavy atom. The molecule has 0 saturated heterocycles. The molecule has 0 bridgehead atoms. The summed E-state index contributed by atoms with van der Waals surface area (Å²) in [4.78, 5) is 4.01. The molecule has 2 atom stereocenters. The van der Waals surface area contributed by atoms with Gasteiger partial charge in [-0.15, -0.1) is 0 Å². The van der Waals surface area contributed by atoms with Gasteiger partial charge in [0.05, 0.1) is 5.69 Å². The number of nitrogens with one attached hydrogen (secondary N) is 2. The highest BCUT2D eigenvalue weighted by Crippen LogP contribution is 2.28. The monoisotopic (exact) mass is 297 g/mol. The van der Waals surface area contributed by atoms with Gasteiger partial charge in [-0.05, 0) is 30.9 Å². The van der Waals surface area contributed by atoms with E-state index in [0.717, 1.165) is 25.7 Å². The second kappa shape index (κ2) is 6.54. The lowest BCUT2D eigenvalue weighted by molar-refractivity contribution is 0.301. The molecule has 1 aromatic heterocycles. The molecule has 0 radical (unpaired) electrons. The fraction of sp³-hybridized carbons (Fsp3) is 0.643. The van der Waals surface area contributed by atoms with Gasteiger partial charge in [0.15, 0.2) is 5.03 Å². The van der Waals surface area contributed by atoms with Crippen molar-refractivity contribution in [2.45, 2.75) is 50.1 Å². The molecule has 1 fully saturated rings. The summed E-state index contributed by atoms with van der Waals surface area (Å²) in [6.07, 6.45) is 6.76. The Hall–Kier alpha value is -1.14. The van der Waals surface area contributed by atoms with Gasteiger partial charge in [-0.2, -0.15) is 0 Å². The number of aromatic nitrogens is 1. The van der Waals surface area contributed by atoms with Gasteiger partial charge in [-0.25, -0.2) is 18.1 Å². The normalized spacial score (nSPS) is 23.5. The van der Waals surface area contributed by atoms with Gasteiger partial charge in [0.25, 0.3) is 10.0 Å². The molecular weight excluding hydrogens is 274 g/mol. The van der Waals surface area contributed by atoms with E-state index < -0.39 is 10.0 Å². The Balaban J connectivity index is 2.14. The molecule has 2 rings (SSSR count). The van der Waals surface area contributed by atoms with E-state index in [2.05, 4.69) is 21.9 Å².